The lowest BCUT2D eigenvalue weighted by molar-refractivity contribution is -0.160. The Balaban J connectivity index is 1.39. The number of ether oxygens (including phenoxy) is 6. The van der Waals surface area contributed by atoms with Gasteiger partial charge in [-0.05, 0) is 111 Å². The molecule has 1 aliphatic rings. The molecule has 3 aromatic carbocycles. The fourth-order valence-corrected chi connectivity index (χ4v) is 7.47. The highest BCUT2D eigenvalue weighted by atomic mass is 16.6. The molecule has 0 aliphatic heterocycles. The molecule has 1 aliphatic carbocycles. The van der Waals surface area contributed by atoms with Crippen molar-refractivity contribution in [2.75, 3.05) is 95.1 Å². The Morgan fingerprint density at radius 3 is 1.08 bits per heavy atom. The van der Waals surface area contributed by atoms with Crippen LogP contribution in [0.3, 0.4) is 0 Å². The predicted molar refractivity (Wildman–Crippen MR) is 269 cm³/mol. The van der Waals surface area contributed by atoms with Gasteiger partial charge in [-0.15, -0.1) is 0 Å². The van der Waals surface area contributed by atoms with E-state index in [0.29, 0.717) is 36.3 Å². The predicted octanol–water partition coefficient (Wildman–Crippen LogP) is 7.17. The van der Waals surface area contributed by atoms with Gasteiger partial charge in [0, 0.05) is 38.2 Å². The molecule has 18 nitrogen and oxygen atoms in total. The Morgan fingerprint density at radius 2 is 0.806 bits per heavy atom. The van der Waals surface area contributed by atoms with Crippen molar-refractivity contribution in [3.63, 3.8) is 0 Å². The lowest BCUT2D eigenvalue weighted by Crippen LogP contribution is -2.38. The van der Waals surface area contributed by atoms with Gasteiger partial charge >= 0.3 is 35.8 Å². The molecule has 2 atom stereocenters. The number of nitrogens with zero attached hydrogens (tertiary/aromatic N) is 6. The van der Waals surface area contributed by atoms with Crippen molar-refractivity contribution < 1.29 is 57.2 Å². The van der Waals surface area contributed by atoms with E-state index in [1.54, 1.807) is 93.6 Å². The second-order valence-electron chi connectivity index (χ2n) is 16.5. The van der Waals surface area contributed by atoms with Gasteiger partial charge in [0.05, 0.1) is 70.4 Å². The third kappa shape index (κ3) is 17.2. The molecule has 0 amide bonds. The topological polar surface area (TPSA) is 200 Å². The Bertz CT molecular complexity index is 2300. The third-order valence-corrected chi connectivity index (χ3v) is 11.5. The number of hydrogen-bond acceptors (Lipinski definition) is 16. The monoisotopic (exact) mass is 984 g/mol. The summed E-state index contributed by atoms with van der Waals surface area (Å²) in [4.78, 5) is 89.3. The first kappa shape index (κ1) is 56.2. The molecule has 0 bridgehead atoms. The van der Waals surface area contributed by atoms with Gasteiger partial charge in [-0.25, -0.2) is 14.5 Å². The second-order valence-corrected chi connectivity index (χ2v) is 16.5. The molecule has 0 radical (unpaired) electrons. The molecule has 0 heterocycles. The first-order valence-corrected chi connectivity index (χ1v) is 23.4. The zero-order valence-corrected chi connectivity index (χ0v) is 41.5. The normalized spacial score (nSPS) is 15.5. The van der Waals surface area contributed by atoms with E-state index in [0.717, 1.165) is 17.1 Å². The van der Waals surface area contributed by atoms with Gasteiger partial charge < -0.3 is 43.1 Å². The van der Waals surface area contributed by atoms with Crippen LogP contribution in [-0.4, -0.2) is 116 Å². The van der Waals surface area contributed by atoms with Gasteiger partial charge in [-0.3, -0.25) is 24.0 Å². The van der Waals surface area contributed by atoms with E-state index >= 15 is 0 Å². The Kier molecular flexibility index (Phi) is 22.6. The summed E-state index contributed by atoms with van der Waals surface area (Å²) >= 11 is 0. The average molecular weight is 985 g/mol. The molecule has 0 spiro atoms. The van der Waals surface area contributed by atoms with Crippen molar-refractivity contribution in [2.24, 2.45) is 17.8 Å². The number of nitriles is 1. The fraction of sp³-hybridized carbons (Fsp3) is 0.389. The summed E-state index contributed by atoms with van der Waals surface area (Å²) in [5.74, 6) is -6.19. The molecule has 378 valence electrons. The Hall–Kier alpha value is -8.43. The van der Waals surface area contributed by atoms with Crippen LogP contribution in [0.2, 0.25) is 0 Å². The summed E-state index contributed by atoms with van der Waals surface area (Å²) in [7, 11) is 5.44. The first-order chi connectivity index (χ1) is 34.6. The number of hydrogen-bond donors (Lipinski definition) is 0. The SMILES string of the molecule is [C-]#[N+]/C(=C\c1ccc(N(C)CCOC(=O)C2CC(C(=O)OCCN(C)c3ccc(/C=C(\[N+]#[C-])C(=O)OCC)cc3)CC(C(=O)OCCN(C)c3ccc(/C=C(\C#N)C(=O)OCC)cc3)C2)cc1)C(=O)OCC. The largest absolute Gasteiger partial charge is 0.471 e. The molecular weight excluding hydrogens is 925 g/mol. The van der Waals surface area contributed by atoms with Gasteiger partial charge in [-0.1, -0.05) is 36.4 Å². The van der Waals surface area contributed by atoms with E-state index in [-0.39, 0.29) is 75.9 Å². The van der Waals surface area contributed by atoms with Crippen molar-refractivity contribution in [3.05, 3.63) is 129 Å². The fourth-order valence-electron chi connectivity index (χ4n) is 7.47. The van der Waals surface area contributed by atoms with Crippen LogP contribution in [0.1, 0.15) is 56.7 Å². The van der Waals surface area contributed by atoms with Gasteiger partial charge in [0.2, 0.25) is 0 Å². The van der Waals surface area contributed by atoms with Gasteiger partial charge in [0.25, 0.3) is 11.4 Å². The minimum Gasteiger partial charge on any atom is -0.471 e. The minimum absolute atomic E-state index is 0.00456. The van der Waals surface area contributed by atoms with E-state index in [4.69, 9.17) is 41.6 Å². The quantitative estimate of drug-likeness (QED) is 0.0287. The van der Waals surface area contributed by atoms with E-state index in [1.165, 1.54) is 18.2 Å². The summed E-state index contributed by atoms with van der Waals surface area (Å²) in [6.45, 7) is 21.0. The van der Waals surface area contributed by atoms with E-state index in [2.05, 4.69) is 9.69 Å². The van der Waals surface area contributed by atoms with Crippen LogP contribution in [0.15, 0.2) is 89.8 Å². The van der Waals surface area contributed by atoms with Crippen molar-refractivity contribution in [1.82, 2.24) is 0 Å². The molecule has 3 aromatic rings. The first-order valence-electron chi connectivity index (χ1n) is 23.4. The number of esters is 6. The van der Waals surface area contributed by atoms with Crippen LogP contribution in [0, 0.1) is 42.2 Å². The van der Waals surface area contributed by atoms with Crippen LogP contribution >= 0.6 is 0 Å². The third-order valence-electron chi connectivity index (χ3n) is 11.5. The van der Waals surface area contributed by atoms with E-state index in [1.807, 2.05) is 41.9 Å². The summed E-state index contributed by atoms with van der Waals surface area (Å²) in [6, 6.07) is 23.1. The lowest BCUT2D eigenvalue weighted by atomic mass is 9.75. The van der Waals surface area contributed by atoms with Gasteiger partial charge in [-0.2, -0.15) is 5.26 Å². The zero-order chi connectivity index (χ0) is 52.6. The van der Waals surface area contributed by atoms with Crippen molar-refractivity contribution in [3.8, 4) is 6.07 Å². The second kappa shape index (κ2) is 28.9. The number of rotatable bonds is 24. The molecular formula is C54H60N6O12. The minimum atomic E-state index is -0.802. The molecule has 1 saturated carbocycles. The maximum atomic E-state index is 13.7. The Labute approximate surface area is 420 Å². The van der Waals surface area contributed by atoms with Crippen molar-refractivity contribution >= 4 is 71.1 Å². The number of benzene rings is 3. The van der Waals surface area contributed by atoms with Crippen LogP contribution < -0.4 is 14.7 Å². The molecule has 4 rings (SSSR count). The van der Waals surface area contributed by atoms with Gasteiger partial charge in [0.15, 0.2) is 0 Å². The molecule has 1 fully saturated rings. The Morgan fingerprint density at radius 1 is 0.514 bits per heavy atom. The number of carbonyl (C=O) groups excluding carboxylic acids is 6. The summed E-state index contributed by atoms with van der Waals surface area (Å²) in [5.41, 5.74) is 3.83. The number of likely N-dealkylation sites (N-methyl/N-ethyl adjacent to an activating group) is 3. The molecule has 0 saturated heterocycles. The summed E-state index contributed by atoms with van der Waals surface area (Å²) in [5, 5.41) is 9.37. The lowest BCUT2D eigenvalue weighted by Gasteiger charge is -2.32. The van der Waals surface area contributed by atoms with Crippen molar-refractivity contribution in [1.29, 1.82) is 5.26 Å². The summed E-state index contributed by atoms with van der Waals surface area (Å²) < 4.78 is 32.0. The summed E-state index contributed by atoms with van der Waals surface area (Å²) in [6.07, 6.45) is 4.65. The van der Waals surface area contributed by atoms with Crippen molar-refractivity contribution in [2.45, 2.75) is 40.0 Å². The maximum absolute atomic E-state index is 13.7. The molecule has 18 heteroatoms. The molecule has 0 aromatic heterocycles. The average Bonchev–Trinajstić information content (AvgIpc) is 3.38. The van der Waals surface area contributed by atoms with Crippen LogP contribution in [0.25, 0.3) is 27.9 Å². The standard InChI is InChI=1S/C54H60N6O12/c1-9-67-52(64)43(36-55)30-37-12-18-44(19-13-37)58(6)24-27-70-49(61)40-33-41(50(62)71-28-25-59(7)45-20-14-38(15-21-45)31-47(56-4)53(65)68-10-2)35-42(34-40)51(63)72-29-26-60(8)46-22-16-39(17-23-46)32-48(57-5)54(66)69-11-3/h12-23,30-32,40-42H,9-11,24-29,33-35H2,1-3,6-8H3/b43-30+,47-31-,48-32-. The highest BCUT2D eigenvalue weighted by molar-refractivity contribution is 5.98. The van der Waals surface area contributed by atoms with E-state index < -0.39 is 53.6 Å². The van der Waals surface area contributed by atoms with Crippen LogP contribution in [0.4, 0.5) is 17.1 Å². The number of anilines is 3. The number of carbonyl (C=O) groups is 6. The van der Waals surface area contributed by atoms with Crippen LogP contribution in [0.5, 0.6) is 0 Å². The highest BCUT2D eigenvalue weighted by Crippen LogP contribution is 2.36. The van der Waals surface area contributed by atoms with E-state index in [9.17, 15) is 34.0 Å². The maximum Gasteiger partial charge on any atom is 0.348 e. The molecule has 72 heavy (non-hydrogen) atoms. The molecule has 0 N–H and O–H groups in total. The van der Waals surface area contributed by atoms with Gasteiger partial charge in [0.1, 0.15) is 31.5 Å². The highest BCUT2D eigenvalue weighted by Gasteiger charge is 2.41. The molecule has 2 unspecified atom stereocenters. The zero-order valence-electron chi connectivity index (χ0n) is 41.5. The smallest absolute Gasteiger partial charge is 0.348 e. The van der Waals surface area contributed by atoms with Crippen LogP contribution in [-0.2, 0) is 57.2 Å².